The Morgan fingerprint density at radius 2 is 1.85 bits per heavy atom. The van der Waals surface area contributed by atoms with E-state index in [2.05, 4.69) is 0 Å². The standard InChI is InChI=1S/C16H18ClNO2/c1-11(18)16-14(19-2)7-4-8-15(16)20-10-12-5-3-6-13(17)9-12/h3-9,11H,10,18H2,1-2H3/t11-/m1/s1. The molecule has 3 nitrogen and oxygen atoms in total. The van der Waals surface area contributed by atoms with Gasteiger partial charge in [0.1, 0.15) is 18.1 Å². The van der Waals surface area contributed by atoms with Crippen LogP contribution < -0.4 is 15.2 Å². The van der Waals surface area contributed by atoms with Gasteiger partial charge in [-0.1, -0.05) is 29.8 Å². The molecule has 2 N–H and O–H groups in total. The highest BCUT2D eigenvalue weighted by molar-refractivity contribution is 6.30. The largest absolute Gasteiger partial charge is 0.496 e. The summed E-state index contributed by atoms with van der Waals surface area (Å²) in [5.74, 6) is 1.47. The maximum atomic E-state index is 6.00. The zero-order valence-electron chi connectivity index (χ0n) is 11.6. The van der Waals surface area contributed by atoms with Gasteiger partial charge in [-0.15, -0.1) is 0 Å². The number of hydrogen-bond acceptors (Lipinski definition) is 3. The zero-order valence-corrected chi connectivity index (χ0v) is 12.4. The van der Waals surface area contributed by atoms with Gasteiger partial charge in [0.2, 0.25) is 0 Å². The van der Waals surface area contributed by atoms with E-state index in [-0.39, 0.29) is 6.04 Å². The molecule has 0 aromatic heterocycles. The fraction of sp³-hybridized carbons (Fsp3) is 0.250. The molecule has 0 heterocycles. The molecule has 0 aliphatic rings. The lowest BCUT2D eigenvalue weighted by molar-refractivity contribution is 0.297. The van der Waals surface area contributed by atoms with Crippen molar-refractivity contribution >= 4 is 11.6 Å². The third kappa shape index (κ3) is 3.44. The van der Waals surface area contributed by atoms with Gasteiger partial charge in [-0.3, -0.25) is 0 Å². The minimum absolute atomic E-state index is 0.166. The third-order valence-corrected chi connectivity index (χ3v) is 3.22. The smallest absolute Gasteiger partial charge is 0.128 e. The van der Waals surface area contributed by atoms with Gasteiger partial charge in [0, 0.05) is 11.1 Å². The molecule has 2 aromatic carbocycles. The zero-order chi connectivity index (χ0) is 14.5. The third-order valence-electron chi connectivity index (χ3n) is 2.98. The van der Waals surface area contributed by atoms with E-state index in [9.17, 15) is 0 Å². The second-order valence-electron chi connectivity index (χ2n) is 4.58. The van der Waals surface area contributed by atoms with Gasteiger partial charge in [-0.05, 0) is 36.8 Å². The number of halogens is 1. The van der Waals surface area contributed by atoms with Gasteiger partial charge in [0.25, 0.3) is 0 Å². The molecule has 0 aliphatic heterocycles. The summed E-state index contributed by atoms with van der Waals surface area (Å²) in [6, 6.07) is 13.1. The molecule has 2 aromatic rings. The predicted molar refractivity (Wildman–Crippen MR) is 81.4 cm³/mol. The van der Waals surface area contributed by atoms with Crippen molar-refractivity contribution in [3.8, 4) is 11.5 Å². The van der Waals surface area contributed by atoms with Crippen molar-refractivity contribution in [2.75, 3.05) is 7.11 Å². The van der Waals surface area contributed by atoms with Crippen molar-refractivity contribution in [3.63, 3.8) is 0 Å². The number of rotatable bonds is 5. The van der Waals surface area contributed by atoms with Crippen molar-refractivity contribution in [2.24, 2.45) is 5.73 Å². The van der Waals surface area contributed by atoms with Crippen LogP contribution >= 0.6 is 11.6 Å². The molecule has 4 heteroatoms. The summed E-state index contributed by atoms with van der Waals surface area (Å²) in [4.78, 5) is 0. The van der Waals surface area contributed by atoms with Gasteiger partial charge in [-0.2, -0.15) is 0 Å². The van der Waals surface area contributed by atoms with E-state index in [0.717, 1.165) is 22.6 Å². The summed E-state index contributed by atoms with van der Waals surface area (Å²) in [7, 11) is 1.63. The summed E-state index contributed by atoms with van der Waals surface area (Å²) in [5, 5.41) is 0.698. The van der Waals surface area contributed by atoms with E-state index in [0.29, 0.717) is 11.6 Å². The first kappa shape index (κ1) is 14.7. The van der Waals surface area contributed by atoms with Gasteiger partial charge < -0.3 is 15.2 Å². The lowest BCUT2D eigenvalue weighted by atomic mass is 10.1. The van der Waals surface area contributed by atoms with Crippen LogP contribution in [0, 0.1) is 0 Å². The number of benzene rings is 2. The first-order valence-electron chi connectivity index (χ1n) is 6.41. The van der Waals surface area contributed by atoms with Crippen molar-refractivity contribution in [3.05, 3.63) is 58.6 Å². The van der Waals surface area contributed by atoms with Crippen LogP contribution in [0.3, 0.4) is 0 Å². The Balaban J connectivity index is 2.21. The van der Waals surface area contributed by atoms with Crippen molar-refractivity contribution in [2.45, 2.75) is 19.6 Å². The molecule has 1 atom stereocenters. The predicted octanol–water partition coefficient (Wildman–Crippen LogP) is 3.95. The maximum Gasteiger partial charge on any atom is 0.128 e. The van der Waals surface area contributed by atoms with E-state index in [1.54, 1.807) is 7.11 Å². The van der Waals surface area contributed by atoms with Crippen LogP contribution in [0.5, 0.6) is 11.5 Å². The Kier molecular flexibility index (Phi) is 4.88. The first-order chi connectivity index (χ1) is 9.61. The molecular formula is C16H18ClNO2. The Labute approximate surface area is 124 Å². The van der Waals surface area contributed by atoms with E-state index >= 15 is 0 Å². The molecule has 0 fully saturated rings. The lowest BCUT2D eigenvalue weighted by Crippen LogP contribution is -2.10. The molecule has 2 rings (SSSR count). The molecule has 0 amide bonds. The van der Waals surface area contributed by atoms with Crippen LogP contribution in [0.25, 0.3) is 0 Å². The van der Waals surface area contributed by atoms with Crippen LogP contribution in [0.2, 0.25) is 5.02 Å². The second-order valence-corrected chi connectivity index (χ2v) is 5.02. The van der Waals surface area contributed by atoms with Gasteiger partial charge in [0.15, 0.2) is 0 Å². The van der Waals surface area contributed by atoms with Crippen LogP contribution in [0.15, 0.2) is 42.5 Å². The highest BCUT2D eigenvalue weighted by atomic mass is 35.5. The quantitative estimate of drug-likeness (QED) is 0.907. The minimum Gasteiger partial charge on any atom is -0.496 e. The average Bonchev–Trinajstić information content (AvgIpc) is 2.44. The Morgan fingerprint density at radius 3 is 2.50 bits per heavy atom. The van der Waals surface area contributed by atoms with Crippen molar-refractivity contribution in [1.82, 2.24) is 0 Å². The summed E-state index contributed by atoms with van der Waals surface area (Å²) in [5.41, 5.74) is 7.89. The molecule has 0 saturated heterocycles. The SMILES string of the molecule is COc1cccc(OCc2cccc(Cl)c2)c1[C@@H](C)N. The van der Waals surface area contributed by atoms with Crippen LogP contribution in [0.1, 0.15) is 24.1 Å². The fourth-order valence-electron chi connectivity index (χ4n) is 2.06. The molecule has 0 spiro atoms. The number of nitrogens with two attached hydrogens (primary N) is 1. The summed E-state index contributed by atoms with van der Waals surface area (Å²) >= 11 is 5.96. The summed E-state index contributed by atoms with van der Waals surface area (Å²) in [6.07, 6.45) is 0. The Morgan fingerprint density at radius 1 is 1.15 bits per heavy atom. The highest BCUT2D eigenvalue weighted by Crippen LogP contribution is 2.33. The van der Waals surface area contributed by atoms with Crippen LogP contribution in [-0.4, -0.2) is 7.11 Å². The van der Waals surface area contributed by atoms with E-state index in [4.69, 9.17) is 26.8 Å². The average molecular weight is 292 g/mol. The number of hydrogen-bond donors (Lipinski definition) is 1. The van der Waals surface area contributed by atoms with Gasteiger partial charge in [-0.25, -0.2) is 0 Å². The van der Waals surface area contributed by atoms with Gasteiger partial charge >= 0.3 is 0 Å². The Bertz CT molecular complexity index is 584. The van der Waals surface area contributed by atoms with Crippen molar-refractivity contribution < 1.29 is 9.47 Å². The number of methoxy groups -OCH3 is 1. The first-order valence-corrected chi connectivity index (χ1v) is 6.79. The molecule has 0 saturated carbocycles. The molecule has 0 bridgehead atoms. The minimum atomic E-state index is -0.166. The second kappa shape index (κ2) is 6.64. The van der Waals surface area contributed by atoms with Crippen LogP contribution in [-0.2, 0) is 6.61 Å². The number of ether oxygens (including phenoxy) is 2. The molecular weight excluding hydrogens is 274 g/mol. The van der Waals surface area contributed by atoms with E-state index in [1.807, 2.05) is 49.4 Å². The molecule has 0 aliphatic carbocycles. The maximum absolute atomic E-state index is 6.00. The molecule has 106 valence electrons. The lowest BCUT2D eigenvalue weighted by Gasteiger charge is -2.17. The molecule has 20 heavy (non-hydrogen) atoms. The topological polar surface area (TPSA) is 44.5 Å². The highest BCUT2D eigenvalue weighted by Gasteiger charge is 2.14. The normalized spacial score (nSPS) is 12.0. The van der Waals surface area contributed by atoms with E-state index < -0.39 is 0 Å². The van der Waals surface area contributed by atoms with Crippen LogP contribution in [0.4, 0.5) is 0 Å². The van der Waals surface area contributed by atoms with E-state index in [1.165, 1.54) is 0 Å². The fourth-order valence-corrected chi connectivity index (χ4v) is 2.28. The summed E-state index contributed by atoms with van der Waals surface area (Å²) < 4.78 is 11.2. The Hall–Kier alpha value is -1.71. The molecule has 0 radical (unpaired) electrons. The van der Waals surface area contributed by atoms with Crippen molar-refractivity contribution in [1.29, 1.82) is 0 Å². The molecule has 0 unspecified atom stereocenters. The summed E-state index contributed by atoms with van der Waals surface area (Å²) in [6.45, 7) is 2.34. The van der Waals surface area contributed by atoms with Gasteiger partial charge in [0.05, 0.1) is 12.7 Å². The monoisotopic (exact) mass is 291 g/mol.